The minimum atomic E-state index is -0.470. The van der Waals surface area contributed by atoms with Gasteiger partial charge in [0.05, 0.1) is 17.8 Å². The first-order valence-corrected chi connectivity index (χ1v) is 7.87. The van der Waals surface area contributed by atoms with Crippen molar-refractivity contribution in [3.63, 3.8) is 0 Å². The van der Waals surface area contributed by atoms with E-state index in [1.165, 1.54) is 18.5 Å². The molecule has 1 saturated heterocycles. The maximum Gasteiger partial charge on any atom is 0.253 e. The normalized spacial score (nSPS) is 18.3. The number of hydrogen-bond acceptors (Lipinski definition) is 5. The summed E-state index contributed by atoms with van der Waals surface area (Å²) < 4.78 is 0. The van der Waals surface area contributed by atoms with E-state index in [1.807, 2.05) is 6.92 Å². The molecule has 4 N–H and O–H groups in total. The minimum Gasteiger partial charge on any atom is -0.506 e. The van der Waals surface area contributed by atoms with Crippen LogP contribution in [-0.4, -0.2) is 52.0 Å². The molecule has 0 spiro atoms. The number of amides is 2. The summed E-state index contributed by atoms with van der Waals surface area (Å²) in [5, 5.41) is 12.3. The summed E-state index contributed by atoms with van der Waals surface area (Å²) in [6.07, 6.45) is 4.37. The molecule has 7 heteroatoms. The number of nitrogens with one attached hydrogen (secondary N) is 1. The Labute approximate surface area is 135 Å². The largest absolute Gasteiger partial charge is 0.506 e. The van der Waals surface area contributed by atoms with Crippen LogP contribution in [0.5, 0.6) is 5.75 Å². The van der Waals surface area contributed by atoms with Crippen molar-refractivity contribution in [2.45, 2.75) is 38.8 Å². The van der Waals surface area contributed by atoms with Crippen LogP contribution in [0.2, 0.25) is 0 Å². The molecule has 0 aliphatic carbocycles. The first-order valence-electron chi connectivity index (χ1n) is 7.87. The number of aromatic nitrogens is 1. The van der Waals surface area contributed by atoms with E-state index < -0.39 is 6.04 Å². The van der Waals surface area contributed by atoms with Crippen molar-refractivity contribution in [1.82, 2.24) is 15.2 Å². The molecular weight excluding hydrogens is 296 g/mol. The van der Waals surface area contributed by atoms with Crippen molar-refractivity contribution >= 4 is 11.8 Å². The molecule has 2 unspecified atom stereocenters. The molecule has 0 aromatic carbocycles. The Morgan fingerprint density at radius 2 is 2.00 bits per heavy atom. The monoisotopic (exact) mass is 320 g/mol. The number of aromatic hydroxyl groups is 1. The van der Waals surface area contributed by atoms with Gasteiger partial charge in [-0.2, -0.15) is 0 Å². The van der Waals surface area contributed by atoms with Gasteiger partial charge in [-0.1, -0.05) is 0 Å². The number of nitrogens with two attached hydrogens (primary N) is 1. The Bertz CT molecular complexity index is 568. The third kappa shape index (κ3) is 4.41. The molecule has 2 atom stereocenters. The Kier molecular flexibility index (Phi) is 5.54. The van der Waals surface area contributed by atoms with E-state index in [2.05, 4.69) is 10.3 Å². The maximum absolute atomic E-state index is 12.2. The lowest BCUT2D eigenvalue weighted by Crippen LogP contribution is -2.49. The summed E-state index contributed by atoms with van der Waals surface area (Å²) in [4.78, 5) is 29.6. The van der Waals surface area contributed by atoms with Crippen LogP contribution in [0, 0.1) is 5.92 Å². The number of rotatable bonds is 4. The van der Waals surface area contributed by atoms with Crippen LogP contribution < -0.4 is 11.1 Å². The van der Waals surface area contributed by atoms with E-state index >= 15 is 0 Å². The van der Waals surface area contributed by atoms with Gasteiger partial charge in [-0.15, -0.1) is 0 Å². The van der Waals surface area contributed by atoms with Crippen molar-refractivity contribution in [2.24, 2.45) is 11.7 Å². The molecule has 0 bridgehead atoms. The number of carbonyl (C=O) groups excluding carboxylic acids is 2. The molecule has 1 aromatic rings. The average molecular weight is 320 g/mol. The molecule has 1 aromatic heterocycles. The van der Waals surface area contributed by atoms with E-state index in [0.717, 1.165) is 12.8 Å². The Morgan fingerprint density at radius 3 is 2.57 bits per heavy atom. The minimum absolute atomic E-state index is 0.0163. The fourth-order valence-corrected chi connectivity index (χ4v) is 2.87. The molecule has 0 radical (unpaired) electrons. The maximum atomic E-state index is 12.2. The van der Waals surface area contributed by atoms with Crippen molar-refractivity contribution in [2.75, 3.05) is 13.1 Å². The zero-order valence-electron chi connectivity index (χ0n) is 13.5. The van der Waals surface area contributed by atoms with E-state index in [9.17, 15) is 14.7 Å². The second kappa shape index (κ2) is 7.41. The third-order valence-corrected chi connectivity index (χ3v) is 4.29. The highest BCUT2D eigenvalue weighted by Gasteiger charge is 2.28. The van der Waals surface area contributed by atoms with Crippen molar-refractivity contribution in [3.8, 4) is 5.75 Å². The molecule has 1 aliphatic rings. The number of pyridine rings is 1. The zero-order valence-corrected chi connectivity index (χ0v) is 13.5. The quantitative estimate of drug-likeness (QED) is 0.748. The highest BCUT2D eigenvalue weighted by molar-refractivity contribution is 5.94. The van der Waals surface area contributed by atoms with E-state index in [-0.39, 0.29) is 23.6 Å². The summed E-state index contributed by atoms with van der Waals surface area (Å²) in [7, 11) is 0. The first kappa shape index (κ1) is 17.2. The molecule has 2 amide bonds. The molecular formula is C16H24N4O3. The van der Waals surface area contributed by atoms with Crippen molar-refractivity contribution in [1.29, 1.82) is 0 Å². The summed E-state index contributed by atoms with van der Waals surface area (Å²) in [6.45, 7) is 4.99. The number of nitrogens with zero attached hydrogens (tertiary/aromatic N) is 2. The fraction of sp³-hybridized carbons (Fsp3) is 0.562. The molecule has 126 valence electrons. The highest BCUT2D eigenvalue weighted by atomic mass is 16.3. The van der Waals surface area contributed by atoms with Gasteiger partial charge in [-0.25, -0.2) is 0 Å². The molecule has 1 aliphatic heterocycles. The molecule has 1 fully saturated rings. The summed E-state index contributed by atoms with van der Waals surface area (Å²) >= 11 is 0. The highest BCUT2D eigenvalue weighted by Crippen LogP contribution is 2.21. The Morgan fingerprint density at radius 1 is 1.35 bits per heavy atom. The zero-order chi connectivity index (χ0) is 17.0. The van der Waals surface area contributed by atoms with Gasteiger partial charge in [0, 0.05) is 25.3 Å². The summed E-state index contributed by atoms with van der Waals surface area (Å²) in [6, 6.07) is 0.901. The van der Waals surface area contributed by atoms with Gasteiger partial charge in [0.1, 0.15) is 5.75 Å². The van der Waals surface area contributed by atoms with E-state index in [4.69, 9.17) is 5.73 Å². The number of carbonyl (C=O) groups is 2. The van der Waals surface area contributed by atoms with E-state index in [0.29, 0.717) is 24.6 Å². The van der Waals surface area contributed by atoms with Crippen LogP contribution in [-0.2, 0) is 4.79 Å². The molecule has 7 nitrogen and oxygen atoms in total. The van der Waals surface area contributed by atoms with Gasteiger partial charge < -0.3 is 21.1 Å². The topological polar surface area (TPSA) is 109 Å². The molecule has 23 heavy (non-hydrogen) atoms. The van der Waals surface area contributed by atoms with Crippen LogP contribution >= 0.6 is 0 Å². The lowest BCUT2D eigenvalue weighted by molar-refractivity contribution is -0.133. The number of hydrogen-bond donors (Lipinski definition) is 3. The lowest BCUT2D eigenvalue weighted by Gasteiger charge is -2.35. The standard InChI is InChI=1S/C16H24N4O3/c1-10(17)16(23)20-5-3-12(4-6-20)11(2)19-15(22)13-7-14(21)9-18-8-13/h7-12,21H,3-6,17H2,1-2H3,(H,19,22). The summed E-state index contributed by atoms with van der Waals surface area (Å²) in [5.41, 5.74) is 5.96. The van der Waals surface area contributed by atoms with Crippen LogP contribution in [0.25, 0.3) is 0 Å². The van der Waals surface area contributed by atoms with Crippen molar-refractivity contribution < 1.29 is 14.7 Å². The predicted octanol–water partition coefficient (Wildman–Crippen LogP) is 0.491. The first-order chi connectivity index (χ1) is 10.9. The van der Waals surface area contributed by atoms with Crippen LogP contribution in [0.3, 0.4) is 0 Å². The van der Waals surface area contributed by atoms with Crippen LogP contribution in [0.15, 0.2) is 18.5 Å². The smallest absolute Gasteiger partial charge is 0.253 e. The second-order valence-electron chi connectivity index (χ2n) is 6.15. The van der Waals surface area contributed by atoms with Gasteiger partial charge >= 0.3 is 0 Å². The number of likely N-dealkylation sites (tertiary alicyclic amines) is 1. The van der Waals surface area contributed by atoms with Gasteiger partial charge in [0.2, 0.25) is 5.91 Å². The number of piperidine rings is 1. The van der Waals surface area contributed by atoms with Gasteiger partial charge in [-0.05, 0) is 38.7 Å². The predicted molar refractivity (Wildman–Crippen MR) is 85.8 cm³/mol. The fourth-order valence-electron chi connectivity index (χ4n) is 2.87. The average Bonchev–Trinajstić information content (AvgIpc) is 2.54. The third-order valence-electron chi connectivity index (χ3n) is 4.29. The van der Waals surface area contributed by atoms with Crippen LogP contribution in [0.1, 0.15) is 37.0 Å². The Balaban J connectivity index is 1.86. The van der Waals surface area contributed by atoms with Gasteiger partial charge in [0.25, 0.3) is 5.91 Å². The van der Waals surface area contributed by atoms with E-state index in [1.54, 1.807) is 11.8 Å². The van der Waals surface area contributed by atoms with Crippen molar-refractivity contribution in [3.05, 3.63) is 24.0 Å². The molecule has 2 rings (SSSR count). The molecule has 2 heterocycles. The lowest BCUT2D eigenvalue weighted by atomic mass is 9.90. The van der Waals surface area contributed by atoms with Gasteiger partial charge in [0.15, 0.2) is 0 Å². The Hall–Kier alpha value is -2.15. The SMILES string of the molecule is CC(N)C(=O)N1CCC(C(C)NC(=O)c2cncc(O)c2)CC1. The molecule has 0 saturated carbocycles. The summed E-state index contributed by atoms with van der Waals surface area (Å²) in [5.74, 6) is -0.00432. The van der Waals surface area contributed by atoms with Crippen LogP contribution in [0.4, 0.5) is 0 Å². The second-order valence-corrected chi connectivity index (χ2v) is 6.15. The van der Waals surface area contributed by atoms with Gasteiger partial charge in [-0.3, -0.25) is 14.6 Å².